The van der Waals surface area contributed by atoms with Crippen molar-refractivity contribution in [2.24, 2.45) is 5.41 Å². The maximum Gasteiger partial charge on any atom is 0.244 e. The van der Waals surface area contributed by atoms with Crippen LogP contribution in [-0.2, 0) is 4.79 Å². The van der Waals surface area contributed by atoms with Gasteiger partial charge >= 0.3 is 0 Å². The van der Waals surface area contributed by atoms with Crippen LogP contribution in [0.25, 0.3) is 23.1 Å². The average Bonchev–Trinajstić information content (AvgIpc) is 3.38. The monoisotopic (exact) mass is 364 g/mol. The van der Waals surface area contributed by atoms with E-state index in [9.17, 15) is 13.6 Å². The summed E-state index contributed by atoms with van der Waals surface area (Å²) < 4.78 is 27.3. The number of anilines is 1. The summed E-state index contributed by atoms with van der Waals surface area (Å²) in [6.45, 7) is 0. The molecule has 1 aliphatic carbocycles. The maximum atomic E-state index is 14.3. The zero-order valence-electron chi connectivity index (χ0n) is 14.1. The summed E-state index contributed by atoms with van der Waals surface area (Å²) >= 11 is 0. The van der Waals surface area contributed by atoms with Crippen LogP contribution >= 0.6 is 0 Å². The van der Waals surface area contributed by atoms with Crippen LogP contribution in [0, 0.1) is 28.4 Å². The van der Waals surface area contributed by atoms with E-state index in [1.807, 2.05) is 6.07 Å². The van der Waals surface area contributed by atoms with Crippen molar-refractivity contribution in [1.82, 2.24) is 10.2 Å². The molecule has 1 aliphatic rings. The number of aromatic nitrogens is 2. The molecule has 0 spiro atoms. The van der Waals surface area contributed by atoms with Gasteiger partial charge in [-0.3, -0.25) is 9.89 Å². The second-order valence-electron chi connectivity index (χ2n) is 6.52. The van der Waals surface area contributed by atoms with Crippen LogP contribution in [0.5, 0.6) is 0 Å². The lowest BCUT2D eigenvalue weighted by Gasteiger charge is -2.09. The number of H-pyrrole nitrogens is 1. The van der Waals surface area contributed by atoms with E-state index in [0.717, 1.165) is 5.56 Å². The van der Waals surface area contributed by atoms with Gasteiger partial charge in [0, 0.05) is 11.5 Å². The van der Waals surface area contributed by atoms with Crippen LogP contribution in [0.2, 0.25) is 0 Å². The number of nitrogens with one attached hydrogen (secondary N) is 2. The normalized spacial score (nSPS) is 15.0. The minimum absolute atomic E-state index is 0.00635. The molecule has 3 aromatic rings. The first kappa shape index (κ1) is 16.9. The second kappa shape index (κ2) is 6.32. The number of carbonyl (C=O) groups is 1. The van der Waals surface area contributed by atoms with Crippen molar-refractivity contribution < 1.29 is 13.6 Å². The molecule has 1 amide bonds. The lowest BCUT2D eigenvalue weighted by atomic mass is 10.1. The largest absolute Gasteiger partial charge is 0.322 e. The molecule has 0 saturated heterocycles. The summed E-state index contributed by atoms with van der Waals surface area (Å²) in [6, 6.07) is 10.7. The fraction of sp³-hybridized carbons (Fsp3) is 0.150. The van der Waals surface area contributed by atoms with Crippen LogP contribution in [0.4, 0.5) is 14.5 Å². The van der Waals surface area contributed by atoms with Gasteiger partial charge < -0.3 is 5.32 Å². The molecule has 0 bridgehead atoms. The van der Waals surface area contributed by atoms with Crippen LogP contribution in [0.3, 0.4) is 0 Å². The number of benzene rings is 2. The van der Waals surface area contributed by atoms with E-state index in [1.54, 1.807) is 24.3 Å². The first-order valence-electron chi connectivity index (χ1n) is 8.35. The van der Waals surface area contributed by atoms with Crippen molar-refractivity contribution in [3.63, 3.8) is 0 Å². The molecule has 0 atom stereocenters. The molecule has 0 radical (unpaired) electrons. The SMILES string of the molecule is N#CC1(C(=O)Nc2cc3c(C=Cc4ccc(F)cc4)n[nH]c3cc2F)CC1. The highest BCUT2D eigenvalue weighted by Crippen LogP contribution is 2.46. The Labute approximate surface area is 153 Å². The third kappa shape index (κ3) is 3.17. The first-order chi connectivity index (χ1) is 13.0. The molecule has 1 saturated carbocycles. The van der Waals surface area contributed by atoms with E-state index in [0.29, 0.717) is 29.4 Å². The van der Waals surface area contributed by atoms with Gasteiger partial charge in [-0.1, -0.05) is 18.2 Å². The fourth-order valence-electron chi connectivity index (χ4n) is 2.79. The Hall–Kier alpha value is -3.53. The molecule has 7 heteroatoms. The topological polar surface area (TPSA) is 81.6 Å². The van der Waals surface area contributed by atoms with E-state index in [2.05, 4.69) is 15.5 Å². The third-order valence-corrected chi connectivity index (χ3v) is 4.63. The number of fused-ring (bicyclic) bond motifs is 1. The Morgan fingerprint density at radius 1 is 1.22 bits per heavy atom. The Bertz CT molecular complexity index is 1110. The molecule has 134 valence electrons. The summed E-state index contributed by atoms with van der Waals surface area (Å²) in [5.41, 5.74) is 0.778. The van der Waals surface area contributed by atoms with Crippen molar-refractivity contribution in [3.05, 3.63) is 59.3 Å². The van der Waals surface area contributed by atoms with Gasteiger partial charge in [0.1, 0.15) is 17.0 Å². The number of amides is 1. The zero-order chi connectivity index (χ0) is 19.0. The van der Waals surface area contributed by atoms with Crippen molar-refractivity contribution in [2.45, 2.75) is 12.8 Å². The van der Waals surface area contributed by atoms with E-state index >= 15 is 0 Å². The molecule has 0 aliphatic heterocycles. The fourth-order valence-corrected chi connectivity index (χ4v) is 2.79. The molecule has 5 nitrogen and oxygen atoms in total. The smallest absolute Gasteiger partial charge is 0.244 e. The Morgan fingerprint density at radius 2 is 1.96 bits per heavy atom. The lowest BCUT2D eigenvalue weighted by molar-refractivity contribution is -0.119. The lowest BCUT2D eigenvalue weighted by Crippen LogP contribution is -2.23. The molecule has 2 aromatic carbocycles. The number of nitrogens with zero attached hydrogens (tertiary/aromatic N) is 2. The molecule has 27 heavy (non-hydrogen) atoms. The Morgan fingerprint density at radius 3 is 2.63 bits per heavy atom. The molecular formula is C20H14F2N4O. The molecule has 1 aromatic heterocycles. The van der Waals surface area contributed by atoms with Crippen molar-refractivity contribution in [2.75, 3.05) is 5.32 Å². The van der Waals surface area contributed by atoms with Gasteiger partial charge in [-0.25, -0.2) is 8.78 Å². The highest BCUT2D eigenvalue weighted by molar-refractivity contribution is 6.01. The van der Waals surface area contributed by atoms with Crippen LogP contribution in [0.1, 0.15) is 24.1 Å². The van der Waals surface area contributed by atoms with Crippen LogP contribution < -0.4 is 5.32 Å². The minimum Gasteiger partial charge on any atom is -0.322 e. The van der Waals surface area contributed by atoms with Gasteiger partial charge in [-0.2, -0.15) is 10.4 Å². The number of hydrogen-bond donors (Lipinski definition) is 2. The Kier molecular flexibility index (Phi) is 3.96. The molecule has 4 rings (SSSR count). The maximum absolute atomic E-state index is 14.3. The molecule has 1 fully saturated rings. The van der Waals surface area contributed by atoms with Gasteiger partial charge in [0.2, 0.25) is 5.91 Å². The quantitative estimate of drug-likeness (QED) is 0.726. The van der Waals surface area contributed by atoms with Crippen molar-refractivity contribution in [3.8, 4) is 6.07 Å². The van der Waals surface area contributed by atoms with E-state index in [4.69, 9.17) is 5.26 Å². The van der Waals surface area contributed by atoms with Crippen LogP contribution in [-0.4, -0.2) is 16.1 Å². The summed E-state index contributed by atoms with van der Waals surface area (Å²) in [4.78, 5) is 12.2. The minimum atomic E-state index is -1.04. The van der Waals surface area contributed by atoms with E-state index in [-0.39, 0.29) is 11.5 Å². The highest BCUT2D eigenvalue weighted by Gasteiger charge is 2.50. The predicted octanol–water partition coefficient (Wildman–Crippen LogP) is 4.25. The highest BCUT2D eigenvalue weighted by atomic mass is 19.1. The summed E-state index contributed by atoms with van der Waals surface area (Å²) in [5.74, 6) is -1.42. The van der Waals surface area contributed by atoms with Crippen molar-refractivity contribution >= 4 is 34.6 Å². The van der Waals surface area contributed by atoms with Crippen molar-refractivity contribution in [1.29, 1.82) is 5.26 Å². The van der Waals surface area contributed by atoms with Gasteiger partial charge in [0.25, 0.3) is 0 Å². The van der Waals surface area contributed by atoms with Gasteiger partial charge in [0.15, 0.2) is 0 Å². The van der Waals surface area contributed by atoms with Gasteiger partial charge in [-0.05, 0) is 42.7 Å². The first-order valence-corrected chi connectivity index (χ1v) is 8.35. The van der Waals surface area contributed by atoms with Crippen LogP contribution in [0.15, 0.2) is 36.4 Å². The third-order valence-electron chi connectivity index (χ3n) is 4.63. The number of halogens is 2. The average molecular weight is 364 g/mol. The van der Waals surface area contributed by atoms with Gasteiger partial charge in [-0.15, -0.1) is 0 Å². The molecule has 1 heterocycles. The second-order valence-corrected chi connectivity index (χ2v) is 6.52. The number of hydrogen-bond acceptors (Lipinski definition) is 3. The molecule has 0 unspecified atom stereocenters. The Balaban J connectivity index is 1.64. The van der Waals surface area contributed by atoms with Gasteiger partial charge in [0.05, 0.1) is 23.0 Å². The number of carbonyl (C=O) groups excluding carboxylic acids is 1. The number of nitriles is 1. The number of rotatable bonds is 4. The summed E-state index contributed by atoms with van der Waals surface area (Å²) in [5, 5.41) is 19.1. The number of aromatic amines is 1. The summed E-state index contributed by atoms with van der Waals surface area (Å²) in [7, 11) is 0. The standard InChI is InChI=1S/C20H14F2N4O/c21-13-4-1-12(2-5-13)3-6-16-14-9-18(15(22)10-17(14)26-25-16)24-19(27)20(11-23)7-8-20/h1-6,9-10H,7-8H2,(H,24,27)(H,25,26). The van der Waals surface area contributed by atoms with E-state index in [1.165, 1.54) is 24.3 Å². The van der Waals surface area contributed by atoms with E-state index < -0.39 is 17.1 Å². The zero-order valence-corrected chi connectivity index (χ0v) is 14.1. The summed E-state index contributed by atoms with van der Waals surface area (Å²) in [6.07, 6.45) is 4.44. The predicted molar refractivity (Wildman–Crippen MR) is 97.3 cm³/mol. The molecular weight excluding hydrogens is 350 g/mol. The molecule has 2 N–H and O–H groups in total.